The second-order valence-electron chi connectivity index (χ2n) is 4.69. The predicted octanol–water partition coefficient (Wildman–Crippen LogP) is 3.52. The van der Waals surface area contributed by atoms with Crippen LogP contribution in [0.15, 0.2) is 36.4 Å². The van der Waals surface area contributed by atoms with Crippen molar-refractivity contribution in [2.75, 3.05) is 17.2 Å². The van der Waals surface area contributed by atoms with E-state index in [0.29, 0.717) is 12.2 Å². The Labute approximate surface area is 122 Å². The van der Waals surface area contributed by atoms with E-state index in [1.54, 1.807) is 19.1 Å². The van der Waals surface area contributed by atoms with Crippen molar-refractivity contribution in [3.05, 3.63) is 59.2 Å². The summed E-state index contributed by atoms with van der Waals surface area (Å²) < 4.78 is 27.4. The van der Waals surface area contributed by atoms with Gasteiger partial charge < -0.3 is 10.6 Å². The van der Waals surface area contributed by atoms with Crippen LogP contribution in [0.2, 0.25) is 0 Å². The zero-order valence-corrected chi connectivity index (χ0v) is 11.9. The number of hydrogen-bond acceptors (Lipinski definition) is 2. The standard InChI is InChI=1S/C16H16F2N2O/c1-3-20(14-7-5-4-6-10(14)2)16(21)12-8-11(17)9-13(19)15(12)18/h4-9H,3,19H2,1-2H3. The number of nitrogens with two attached hydrogens (primary N) is 1. The van der Waals surface area contributed by atoms with E-state index in [1.807, 2.05) is 19.1 Å². The van der Waals surface area contributed by atoms with Crippen LogP contribution in [-0.4, -0.2) is 12.5 Å². The van der Waals surface area contributed by atoms with Crippen LogP contribution in [0, 0.1) is 18.6 Å². The Hall–Kier alpha value is -2.43. The zero-order valence-electron chi connectivity index (χ0n) is 11.9. The molecule has 0 bridgehead atoms. The van der Waals surface area contributed by atoms with Crippen LogP contribution < -0.4 is 10.6 Å². The first-order chi connectivity index (χ1) is 9.95. The van der Waals surface area contributed by atoms with E-state index in [2.05, 4.69) is 0 Å². The summed E-state index contributed by atoms with van der Waals surface area (Å²) in [6, 6.07) is 8.97. The molecule has 2 rings (SSSR count). The molecule has 0 saturated heterocycles. The van der Waals surface area contributed by atoms with Crippen molar-refractivity contribution in [1.29, 1.82) is 0 Å². The number of nitrogens with zero attached hydrogens (tertiary/aromatic N) is 1. The summed E-state index contributed by atoms with van der Waals surface area (Å²) in [6.07, 6.45) is 0. The monoisotopic (exact) mass is 290 g/mol. The Morgan fingerprint density at radius 2 is 1.90 bits per heavy atom. The number of anilines is 2. The summed E-state index contributed by atoms with van der Waals surface area (Å²) in [5.41, 5.74) is 6.18. The van der Waals surface area contributed by atoms with Crippen LogP contribution in [0.3, 0.4) is 0 Å². The molecule has 0 aliphatic heterocycles. The second-order valence-corrected chi connectivity index (χ2v) is 4.69. The second kappa shape index (κ2) is 5.91. The summed E-state index contributed by atoms with van der Waals surface area (Å²) >= 11 is 0. The van der Waals surface area contributed by atoms with Crippen LogP contribution in [0.4, 0.5) is 20.2 Å². The van der Waals surface area contributed by atoms with Crippen LogP contribution in [0.25, 0.3) is 0 Å². The fourth-order valence-corrected chi connectivity index (χ4v) is 2.20. The number of carbonyl (C=O) groups excluding carboxylic acids is 1. The van der Waals surface area contributed by atoms with Gasteiger partial charge >= 0.3 is 0 Å². The van der Waals surface area contributed by atoms with Gasteiger partial charge in [0.25, 0.3) is 5.91 Å². The molecule has 1 amide bonds. The normalized spacial score (nSPS) is 10.5. The van der Waals surface area contributed by atoms with Crippen molar-refractivity contribution in [2.24, 2.45) is 0 Å². The number of amides is 1. The fraction of sp³-hybridized carbons (Fsp3) is 0.188. The first-order valence-corrected chi connectivity index (χ1v) is 6.57. The molecule has 0 heterocycles. The van der Waals surface area contributed by atoms with Gasteiger partial charge in [0, 0.05) is 12.2 Å². The van der Waals surface area contributed by atoms with E-state index in [1.165, 1.54) is 4.90 Å². The summed E-state index contributed by atoms with van der Waals surface area (Å²) in [7, 11) is 0. The molecular formula is C16H16F2N2O. The van der Waals surface area contributed by atoms with Gasteiger partial charge in [-0.1, -0.05) is 18.2 Å². The van der Waals surface area contributed by atoms with Gasteiger partial charge in [-0.2, -0.15) is 0 Å². The lowest BCUT2D eigenvalue weighted by molar-refractivity contribution is 0.0984. The Bertz CT molecular complexity index is 686. The molecule has 2 aromatic carbocycles. The van der Waals surface area contributed by atoms with E-state index in [4.69, 9.17) is 5.73 Å². The smallest absolute Gasteiger partial charge is 0.261 e. The molecule has 0 unspecified atom stereocenters. The molecular weight excluding hydrogens is 274 g/mol. The summed E-state index contributed by atoms with van der Waals surface area (Å²) in [5, 5.41) is 0. The third kappa shape index (κ3) is 2.86. The number of benzene rings is 2. The third-order valence-corrected chi connectivity index (χ3v) is 3.26. The highest BCUT2D eigenvalue weighted by Crippen LogP contribution is 2.24. The SMILES string of the molecule is CCN(C(=O)c1cc(F)cc(N)c1F)c1ccccc1C. The number of nitrogen functional groups attached to an aromatic ring is 1. The van der Waals surface area contributed by atoms with Crippen molar-refractivity contribution in [1.82, 2.24) is 0 Å². The zero-order chi connectivity index (χ0) is 15.6. The predicted molar refractivity (Wildman–Crippen MR) is 79.3 cm³/mol. The van der Waals surface area contributed by atoms with Crippen molar-refractivity contribution in [2.45, 2.75) is 13.8 Å². The molecule has 0 fully saturated rings. The number of carbonyl (C=O) groups is 1. The third-order valence-electron chi connectivity index (χ3n) is 3.26. The van der Waals surface area contributed by atoms with Crippen LogP contribution >= 0.6 is 0 Å². The van der Waals surface area contributed by atoms with E-state index >= 15 is 0 Å². The number of rotatable bonds is 3. The van der Waals surface area contributed by atoms with E-state index in [0.717, 1.165) is 17.7 Å². The summed E-state index contributed by atoms with van der Waals surface area (Å²) in [5.74, 6) is -2.25. The molecule has 2 N–H and O–H groups in total. The van der Waals surface area contributed by atoms with Gasteiger partial charge in [-0.25, -0.2) is 8.78 Å². The highest BCUT2D eigenvalue weighted by atomic mass is 19.1. The van der Waals surface area contributed by atoms with Gasteiger partial charge in [-0.3, -0.25) is 4.79 Å². The molecule has 0 aliphatic rings. The number of halogens is 2. The Kier molecular flexibility index (Phi) is 4.21. The highest BCUT2D eigenvalue weighted by Gasteiger charge is 2.22. The minimum absolute atomic E-state index is 0.333. The van der Waals surface area contributed by atoms with Crippen molar-refractivity contribution in [3.8, 4) is 0 Å². The molecule has 0 aromatic heterocycles. The van der Waals surface area contributed by atoms with Gasteiger partial charge in [0.1, 0.15) is 5.82 Å². The Balaban J connectivity index is 2.49. The average molecular weight is 290 g/mol. The number of para-hydroxylation sites is 1. The lowest BCUT2D eigenvalue weighted by Crippen LogP contribution is -2.32. The molecule has 5 heteroatoms. The number of aryl methyl sites for hydroxylation is 1. The lowest BCUT2D eigenvalue weighted by Gasteiger charge is -2.23. The molecule has 0 radical (unpaired) electrons. The van der Waals surface area contributed by atoms with Gasteiger partial charge in [-0.05, 0) is 37.6 Å². The molecule has 3 nitrogen and oxygen atoms in total. The van der Waals surface area contributed by atoms with E-state index in [9.17, 15) is 13.6 Å². The Morgan fingerprint density at radius 3 is 2.52 bits per heavy atom. The van der Waals surface area contributed by atoms with E-state index in [-0.39, 0.29) is 11.3 Å². The summed E-state index contributed by atoms with van der Waals surface area (Å²) in [6.45, 7) is 3.95. The van der Waals surface area contributed by atoms with Crippen molar-refractivity contribution in [3.63, 3.8) is 0 Å². The van der Waals surface area contributed by atoms with Gasteiger partial charge in [0.05, 0.1) is 11.3 Å². The van der Waals surface area contributed by atoms with Crippen LogP contribution in [0.1, 0.15) is 22.8 Å². The highest BCUT2D eigenvalue weighted by molar-refractivity contribution is 6.07. The molecule has 0 saturated carbocycles. The van der Waals surface area contributed by atoms with Crippen molar-refractivity contribution >= 4 is 17.3 Å². The largest absolute Gasteiger partial charge is 0.396 e. The maximum Gasteiger partial charge on any atom is 0.261 e. The van der Waals surface area contributed by atoms with Gasteiger partial charge in [0.2, 0.25) is 0 Å². The maximum atomic E-state index is 14.0. The van der Waals surface area contributed by atoms with Gasteiger partial charge in [0.15, 0.2) is 5.82 Å². The quantitative estimate of drug-likeness (QED) is 0.879. The molecule has 110 valence electrons. The topological polar surface area (TPSA) is 46.3 Å². The number of hydrogen-bond donors (Lipinski definition) is 1. The Morgan fingerprint density at radius 1 is 1.24 bits per heavy atom. The fourth-order valence-electron chi connectivity index (χ4n) is 2.20. The first-order valence-electron chi connectivity index (χ1n) is 6.57. The minimum Gasteiger partial charge on any atom is -0.396 e. The first kappa shape index (κ1) is 15.0. The minimum atomic E-state index is -0.895. The molecule has 2 aromatic rings. The van der Waals surface area contributed by atoms with Crippen LogP contribution in [0.5, 0.6) is 0 Å². The van der Waals surface area contributed by atoms with Gasteiger partial charge in [-0.15, -0.1) is 0 Å². The molecule has 0 aliphatic carbocycles. The molecule has 0 spiro atoms. The summed E-state index contributed by atoms with van der Waals surface area (Å²) in [4.78, 5) is 13.9. The molecule has 0 atom stereocenters. The molecule has 21 heavy (non-hydrogen) atoms. The lowest BCUT2D eigenvalue weighted by atomic mass is 10.1. The average Bonchev–Trinajstić information content (AvgIpc) is 2.45. The van der Waals surface area contributed by atoms with E-state index < -0.39 is 17.5 Å². The maximum absolute atomic E-state index is 14.0. The van der Waals surface area contributed by atoms with Crippen LogP contribution in [-0.2, 0) is 0 Å². The van der Waals surface area contributed by atoms with Crippen molar-refractivity contribution < 1.29 is 13.6 Å².